The molecule has 0 radical (unpaired) electrons. The second-order valence-corrected chi connectivity index (χ2v) is 6.92. The molecule has 0 aliphatic heterocycles. The van der Waals surface area contributed by atoms with Crippen molar-refractivity contribution >= 4 is 34.7 Å². The maximum atomic E-state index is 11.4. The van der Waals surface area contributed by atoms with E-state index in [0.717, 1.165) is 5.56 Å². The number of fused-ring (bicyclic) bond motifs is 1. The Morgan fingerprint density at radius 2 is 2.04 bits per heavy atom. The lowest BCUT2D eigenvalue weighted by atomic mass is 10.1. The third-order valence-electron chi connectivity index (χ3n) is 3.88. The third kappa shape index (κ3) is 3.58. The number of nitrogens with two attached hydrogens (primary N) is 1. The van der Waals surface area contributed by atoms with Gasteiger partial charge in [-0.3, -0.25) is 9.36 Å². The number of carbonyl (C=O) groups is 1. The van der Waals surface area contributed by atoms with Crippen molar-refractivity contribution in [3.05, 3.63) is 41.7 Å². The van der Waals surface area contributed by atoms with E-state index in [2.05, 4.69) is 15.0 Å². The SMILES string of the molecule is CCC(Sc1nc2c(N)ncnc2n1Cc1ccc(C)cc1)C(=O)O. The Hall–Kier alpha value is -2.61. The van der Waals surface area contributed by atoms with Gasteiger partial charge in [0.25, 0.3) is 0 Å². The number of thioether (sulfide) groups is 1. The van der Waals surface area contributed by atoms with Gasteiger partial charge in [0.2, 0.25) is 0 Å². The van der Waals surface area contributed by atoms with E-state index in [-0.39, 0.29) is 5.82 Å². The van der Waals surface area contributed by atoms with Gasteiger partial charge in [-0.05, 0) is 18.9 Å². The fraction of sp³-hybridized carbons (Fsp3) is 0.294. The molecule has 0 fully saturated rings. The minimum atomic E-state index is -0.861. The zero-order chi connectivity index (χ0) is 18.0. The Balaban J connectivity index is 2.06. The van der Waals surface area contributed by atoms with Crippen LogP contribution in [0.3, 0.4) is 0 Å². The molecular weight excluding hydrogens is 338 g/mol. The smallest absolute Gasteiger partial charge is 0.317 e. The topological polar surface area (TPSA) is 107 Å². The number of carboxylic acid groups (broad SMARTS) is 1. The molecule has 7 nitrogen and oxygen atoms in total. The first-order chi connectivity index (χ1) is 12.0. The van der Waals surface area contributed by atoms with E-state index >= 15 is 0 Å². The number of hydrogen-bond acceptors (Lipinski definition) is 6. The summed E-state index contributed by atoms with van der Waals surface area (Å²) in [6.45, 7) is 4.41. The third-order valence-corrected chi connectivity index (χ3v) is 5.22. The summed E-state index contributed by atoms with van der Waals surface area (Å²) < 4.78 is 1.90. The Kier molecular flexibility index (Phi) is 4.89. The van der Waals surface area contributed by atoms with E-state index in [4.69, 9.17) is 5.73 Å². The Bertz CT molecular complexity index is 907. The lowest BCUT2D eigenvalue weighted by molar-refractivity contribution is -0.136. The summed E-state index contributed by atoms with van der Waals surface area (Å²) in [5.74, 6) is -0.571. The van der Waals surface area contributed by atoms with Gasteiger partial charge in [-0.25, -0.2) is 15.0 Å². The minimum Gasteiger partial charge on any atom is -0.480 e. The fourth-order valence-electron chi connectivity index (χ4n) is 2.48. The molecule has 130 valence electrons. The number of aromatic nitrogens is 4. The molecule has 3 N–H and O–H groups in total. The highest BCUT2D eigenvalue weighted by Crippen LogP contribution is 2.30. The summed E-state index contributed by atoms with van der Waals surface area (Å²) in [4.78, 5) is 24.2. The van der Waals surface area contributed by atoms with Crippen molar-refractivity contribution in [3.63, 3.8) is 0 Å². The summed E-state index contributed by atoms with van der Waals surface area (Å²) in [7, 11) is 0. The highest BCUT2D eigenvalue weighted by atomic mass is 32.2. The monoisotopic (exact) mass is 357 g/mol. The number of carboxylic acids is 1. The van der Waals surface area contributed by atoms with Gasteiger partial charge >= 0.3 is 5.97 Å². The van der Waals surface area contributed by atoms with E-state index in [0.29, 0.717) is 29.3 Å². The normalized spacial score (nSPS) is 12.4. The number of anilines is 1. The summed E-state index contributed by atoms with van der Waals surface area (Å²) in [6, 6.07) is 8.15. The van der Waals surface area contributed by atoms with E-state index in [1.54, 1.807) is 0 Å². The molecule has 0 bridgehead atoms. The summed E-state index contributed by atoms with van der Waals surface area (Å²) in [5.41, 5.74) is 9.28. The molecular formula is C17H19N5O2S. The molecule has 3 aromatic rings. The number of benzene rings is 1. The van der Waals surface area contributed by atoms with Crippen molar-refractivity contribution in [3.8, 4) is 0 Å². The van der Waals surface area contributed by atoms with Gasteiger partial charge in [0, 0.05) is 0 Å². The van der Waals surface area contributed by atoms with Gasteiger partial charge in [-0.2, -0.15) is 0 Å². The molecule has 3 rings (SSSR count). The predicted octanol–water partition coefficient (Wildman–Crippen LogP) is 2.72. The van der Waals surface area contributed by atoms with Gasteiger partial charge in [-0.1, -0.05) is 48.5 Å². The van der Waals surface area contributed by atoms with Crippen LogP contribution in [-0.2, 0) is 11.3 Å². The molecule has 25 heavy (non-hydrogen) atoms. The minimum absolute atomic E-state index is 0.290. The van der Waals surface area contributed by atoms with Crippen LogP contribution >= 0.6 is 11.8 Å². The van der Waals surface area contributed by atoms with Gasteiger partial charge < -0.3 is 10.8 Å². The van der Waals surface area contributed by atoms with Gasteiger partial charge in [0.15, 0.2) is 22.1 Å². The Labute approximate surface area is 149 Å². The molecule has 1 atom stereocenters. The number of hydrogen-bond donors (Lipinski definition) is 2. The predicted molar refractivity (Wildman–Crippen MR) is 97.6 cm³/mol. The zero-order valence-electron chi connectivity index (χ0n) is 14.0. The lowest BCUT2D eigenvalue weighted by Gasteiger charge is -2.12. The molecule has 1 unspecified atom stereocenters. The van der Waals surface area contributed by atoms with Crippen LogP contribution in [0.1, 0.15) is 24.5 Å². The van der Waals surface area contributed by atoms with E-state index in [9.17, 15) is 9.90 Å². The maximum Gasteiger partial charge on any atom is 0.317 e. The molecule has 0 aliphatic carbocycles. The lowest BCUT2D eigenvalue weighted by Crippen LogP contribution is -2.16. The second-order valence-electron chi connectivity index (χ2n) is 5.75. The van der Waals surface area contributed by atoms with Crippen LogP contribution in [0.5, 0.6) is 0 Å². The number of aliphatic carboxylic acids is 1. The molecule has 8 heteroatoms. The highest BCUT2D eigenvalue weighted by molar-refractivity contribution is 8.00. The molecule has 1 aromatic carbocycles. The van der Waals surface area contributed by atoms with Crippen LogP contribution in [-0.4, -0.2) is 35.8 Å². The average molecular weight is 357 g/mol. The van der Waals surface area contributed by atoms with Crippen LogP contribution in [0, 0.1) is 6.92 Å². The second kappa shape index (κ2) is 7.10. The van der Waals surface area contributed by atoms with Crippen LogP contribution < -0.4 is 5.73 Å². The van der Waals surface area contributed by atoms with Crippen molar-refractivity contribution in [2.24, 2.45) is 0 Å². The molecule has 0 aliphatic rings. The quantitative estimate of drug-likeness (QED) is 0.653. The largest absolute Gasteiger partial charge is 0.480 e. The van der Waals surface area contributed by atoms with E-state index in [1.165, 1.54) is 23.7 Å². The Morgan fingerprint density at radius 3 is 2.68 bits per heavy atom. The molecule has 0 saturated carbocycles. The van der Waals surface area contributed by atoms with Crippen LogP contribution in [0.4, 0.5) is 5.82 Å². The summed E-state index contributed by atoms with van der Waals surface area (Å²) in [6.07, 6.45) is 1.89. The van der Waals surface area contributed by atoms with E-state index < -0.39 is 11.2 Å². The van der Waals surface area contributed by atoms with Crippen molar-refractivity contribution in [2.75, 3.05) is 5.73 Å². The van der Waals surface area contributed by atoms with Gasteiger partial charge in [0.05, 0.1) is 6.54 Å². The molecule has 0 saturated heterocycles. The number of nitrogens with zero attached hydrogens (tertiary/aromatic N) is 4. The number of imidazole rings is 1. The number of aryl methyl sites for hydroxylation is 1. The van der Waals surface area contributed by atoms with Crippen LogP contribution in [0.25, 0.3) is 11.2 Å². The van der Waals surface area contributed by atoms with Crippen LogP contribution in [0.15, 0.2) is 35.7 Å². The van der Waals surface area contributed by atoms with Crippen LogP contribution in [0.2, 0.25) is 0 Å². The van der Waals surface area contributed by atoms with Gasteiger partial charge in [0.1, 0.15) is 11.6 Å². The average Bonchev–Trinajstić information content (AvgIpc) is 2.93. The van der Waals surface area contributed by atoms with Crippen molar-refractivity contribution in [1.82, 2.24) is 19.5 Å². The van der Waals surface area contributed by atoms with Crippen molar-refractivity contribution in [2.45, 2.75) is 37.2 Å². The first-order valence-corrected chi connectivity index (χ1v) is 8.79. The van der Waals surface area contributed by atoms with Gasteiger partial charge in [-0.15, -0.1) is 0 Å². The molecule has 0 spiro atoms. The standard InChI is InChI=1S/C17H19N5O2S/c1-3-12(16(23)24)25-17-21-13-14(18)19-9-20-15(13)22(17)8-11-6-4-10(2)5-7-11/h4-7,9,12H,3,8H2,1-2H3,(H,23,24)(H2,18,19,20). The molecule has 2 heterocycles. The maximum absolute atomic E-state index is 11.4. The first kappa shape index (κ1) is 17.2. The molecule has 2 aromatic heterocycles. The zero-order valence-corrected chi connectivity index (χ0v) is 14.8. The van der Waals surface area contributed by atoms with Crippen molar-refractivity contribution < 1.29 is 9.90 Å². The van der Waals surface area contributed by atoms with Crippen molar-refractivity contribution in [1.29, 1.82) is 0 Å². The number of rotatable bonds is 6. The summed E-state index contributed by atoms with van der Waals surface area (Å²) in [5, 5.41) is 9.36. The highest BCUT2D eigenvalue weighted by Gasteiger charge is 2.22. The fourth-order valence-corrected chi connectivity index (χ4v) is 3.42. The first-order valence-electron chi connectivity index (χ1n) is 7.91. The summed E-state index contributed by atoms with van der Waals surface area (Å²) >= 11 is 1.21. The Morgan fingerprint density at radius 1 is 1.32 bits per heavy atom. The number of nitrogen functional groups attached to an aromatic ring is 1. The molecule has 0 amide bonds. The van der Waals surface area contributed by atoms with E-state index in [1.807, 2.05) is 42.7 Å².